The smallest absolute Gasteiger partial charge is 0.262 e. The van der Waals surface area contributed by atoms with E-state index < -0.39 is 10.0 Å². The lowest BCUT2D eigenvalue weighted by atomic mass is 10.2. The van der Waals surface area contributed by atoms with E-state index in [1.54, 1.807) is 7.05 Å². The van der Waals surface area contributed by atoms with Gasteiger partial charge in [-0.25, -0.2) is 8.42 Å². The molecule has 1 aromatic heterocycles. The molecule has 1 saturated carbocycles. The first-order valence-electron chi connectivity index (χ1n) is 6.21. The molecule has 1 fully saturated rings. The van der Waals surface area contributed by atoms with Crippen LogP contribution in [-0.2, 0) is 16.6 Å². The third kappa shape index (κ3) is 2.43. The lowest BCUT2D eigenvalue weighted by molar-refractivity contribution is 0.460. The van der Waals surface area contributed by atoms with Gasteiger partial charge in [-0.15, -0.1) is 0 Å². The molecular weight excluding hydrogens is 252 g/mol. The fraction of sp³-hybridized carbons (Fsp3) is 0.727. The Balaban J connectivity index is 2.31. The molecule has 6 nitrogen and oxygen atoms in total. The molecule has 0 saturated heterocycles. The van der Waals surface area contributed by atoms with E-state index in [1.165, 1.54) is 4.31 Å². The summed E-state index contributed by atoms with van der Waals surface area (Å²) in [5, 5.41) is 10.1. The number of aryl methyl sites for hydroxylation is 1. The van der Waals surface area contributed by atoms with E-state index >= 15 is 0 Å². The summed E-state index contributed by atoms with van der Waals surface area (Å²) in [5.74, 6) is 0. The third-order valence-electron chi connectivity index (χ3n) is 3.27. The highest BCUT2D eigenvalue weighted by atomic mass is 32.2. The summed E-state index contributed by atoms with van der Waals surface area (Å²) >= 11 is 0. The highest BCUT2D eigenvalue weighted by molar-refractivity contribution is 7.89. The predicted octanol–water partition coefficient (Wildman–Crippen LogP) is 0.611. The van der Waals surface area contributed by atoms with Gasteiger partial charge in [-0.1, -0.05) is 6.92 Å². The summed E-state index contributed by atoms with van der Waals surface area (Å²) in [6.07, 6.45) is 1.89. The zero-order chi connectivity index (χ0) is 13.3. The first-order chi connectivity index (χ1) is 8.48. The maximum Gasteiger partial charge on any atom is 0.262 e. The molecule has 102 valence electrons. The Kier molecular flexibility index (Phi) is 3.74. The molecule has 0 bridgehead atoms. The lowest BCUT2D eigenvalue weighted by Crippen LogP contribution is -2.30. The van der Waals surface area contributed by atoms with Gasteiger partial charge in [0.2, 0.25) is 0 Å². The average Bonchev–Trinajstić information content (AvgIpc) is 3.10. The molecule has 7 heteroatoms. The van der Waals surface area contributed by atoms with Crippen LogP contribution in [0, 0.1) is 6.92 Å². The van der Waals surface area contributed by atoms with Gasteiger partial charge >= 0.3 is 0 Å². The van der Waals surface area contributed by atoms with Crippen molar-refractivity contribution in [2.75, 3.05) is 13.6 Å². The van der Waals surface area contributed by atoms with Crippen LogP contribution >= 0.6 is 0 Å². The molecule has 2 rings (SSSR count). The van der Waals surface area contributed by atoms with E-state index in [2.05, 4.69) is 15.5 Å². The minimum atomic E-state index is -3.47. The zero-order valence-corrected chi connectivity index (χ0v) is 11.8. The van der Waals surface area contributed by atoms with Crippen molar-refractivity contribution < 1.29 is 8.42 Å². The van der Waals surface area contributed by atoms with Crippen molar-refractivity contribution in [1.29, 1.82) is 0 Å². The Morgan fingerprint density at radius 3 is 2.72 bits per heavy atom. The number of nitrogens with one attached hydrogen (secondary N) is 2. The topological polar surface area (TPSA) is 78.1 Å². The van der Waals surface area contributed by atoms with Crippen LogP contribution in [0.25, 0.3) is 0 Å². The van der Waals surface area contributed by atoms with Crippen LogP contribution < -0.4 is 5.32 Å². The third-order valence-corrected chi connectivity index (χ3v) is 5.16. The fourth-order valence-electron chi connectivity index (χ4n) is 1.87. The number of nitrogens with zero attached hydrogens (tertiary/aromatic N) is 2. The zero-order valence-electron chi connectivity index (χ0n) is 11.0. The van der Waals surface area contributed by atoms with Gasteiger partial charge in [0.1, 0.15) is 0 Å². The van der Waals surface area contributed by atoms with Gasteiger partial charge in [0.15, 0.2) is 5.03 Å². The molecule has 1 aliphatic rings. The van der Waals surface area contributed by atoms with Crippen molar-refractivity contribution >= 4 is 10.0 Å². The Hall–Kier alpha value is -0.920. The van der Waals surface area contributed by atoms with Crippen LogP contribution in [-0.4, -0.2) is 42.6 Å². The molecule has 1 aromatic rings. The van der Waals surface area contributed by atoms with Crippen molar-refractivity contribution in [3.63, 3.8) is 0 Å². The second kappa shape index (κ2) is 4.99. The van der Waals surface area contributed by atoms with Crippen LogP contribution in [0.1, 0.15) is 31.0 Å². The van der Waals surface area contributed by atoms with Gasteiger partial charge in [0.05, 0.1) is 0 Å². The molecule has 0 radical (unpaired) electrons. The summed E-state index contributed by atoms with van der Waals surface area (Å²) in [6.45, 7) is 5.14. The van der Waals surface area contributed by atoms with Crippen LogP contribution in [0.3, 0.4) is 0 Å². The number of sulfonamides is 1. The lowest BCUT2D eigenvalue weighted by Gasteiger charge is -2.15. The predicted molar refractivity (Wildman–Crippen MR) is 68.7 cm³/mol. The number of H-pyrrole nitrogens is 1. The van der Waals surface area contributed by atoms with Gasteiger partial charge < -0.3 is 5.32 Å². The molecule has 2 N–H and O–H groups in total. The first kappa shape index (κ1) is 13.5. The van der Waals surface area contributed by atoms with Gasteiger partial charge in [-0.2, -0.15) is 9.40 Å². The standard InChI is InChI=1S/C11H20N4O2S/c1-4-12-7-10-8(2)13-14-11(10)18(16,17)15(3)9-5-6-9/h9,12H,4-7H2,1-3H3,(H,13,14). The van der Waals surface area contributed by atoms with Gasteiger partial charge in [0, 0.05) is 30.9 Å². The summed E-state index contributed by atoms with van der Waals surface area (Å²) in [5.41, 5.74) is 1.54. The van der Waals surface area contributed by atoms with Crippen molar-refractivity contribution in [3.05, 3.63) is 11.3 Å². The minimum absolute atomic E-state index is 0.152. The molecule has 0 atom stereocenters. The maximum atomic E-state index is 12.4. The second-order valence-corrected chi connectivity index (χ2v) is 6.58. The van der Waals surface area contributed by atoms with Gasteiger partial charge in [-0.05, 0) is 26.3 Å². The molecule has 1 aliphatic carbocycles. The number of hydrogen-bond acceptors (Lipinski definition) is 4. The summed E-state index contributed by atoms with van der Waals surface area (Å²) in [7, 11) is -1.83. The Morgan fingerprint density at radius 2 is 2.17 bits per heavy atom. The monoisotopic (exact) mass is 272 g/mol. The van der Waals surface area contributed by atoms with Crippen LogP contribution in [0.4, 0.5) is 0 Å². The van der Waals surface area contributed by atoms with Crippen molar-refractivity contribution in [2.45, 2.75) is 44.3 Å². The van der Waals surface area contributed by atoms with Crippen LogP contribution in [0.5, 0.6) is 0 Å². The van der Waals surface area contributed by atoms with E-state index in [4.69, 9.17) is 0 Å². The molecule has 1 heterocycles. The van der Waals surface area contributed by atoms with Gasteiger partial charge in [0.25, 0.3) is 10.0 Å². The Bertz CT molecular complexity index is 519. The maximum absolute atomic E-state index is 12.4. The molecule has 0 unspecified atom stereocenters. The molecule has 0 aliphatic heterocycles. The normalized spacial score (nSPS) is 16.4. The van der Waals surface area contributed by atoms with Gasteiger partial charge in [-0.3, -0.25) is 5.10 Å². The molecule has 0 amide bonds. The van der Waals surface area contributed by atoms with Crippen molar-refractivity contribution in [1.82, 2.24) is 19.8 Å². The molecule has 0 aromatic carbocycles. The van der Waals surface area contributed by atoms with E-state index in [-0.39, 0.29) is 11.1 Å². The van der Waals surface area contributed by atoms with Crippen molar-refractivity contribution in [3.8, 4) is 0 Å². The largest absolute Gasteiger partial charge is 0.313 e. The van der Waals surface area contributed by atoms with E-state index in [1.807, 2.05) is 13.8 Å². The van der Waals surface area contributed by atoms with E-state index in [0.29, 0.717) is 6.54 Å². The second-order valence-electron chi connectivity index (χ2n) is 4.67. The fourth-order valence-corrected chi connectivity index (χ4v) is 3.45. The van der Waals surface area contributed by atoms with Crippen molar-refractivity contribution in [2.24, 2.45) is 0 Å². The number of aromatic amines is 1. The number of hydrogen-bond donors (Lipinski definition) is 2. The highest BCUT2D eigenvalue weighted by Crippen LogP contribution is 2.31. The Morgan fingerprint density at radius 1 is 1.50 bits per heavy atom. The average molecular weight is 272 g/mol. The molecular formula is C11H20N4O2S. The Labute approximate surface area is 108 Å². The number of aromatic nitrogens is 2. The van der Waals surface area contributed by atoms with Crippen LogP contribution in [0.15, 0.2) is 5.03 Å². The van der Waals surface area contributed by atoms with Crippen LogP contribution in [0.2, 0.25) is 0 Å². The van der Waals surface area contributed by atoms with E-state index in [9.17, 15) is 8.42 Å². The number of rotatable bonds is 6. The highest BCUT2D eigenvalue weighted by Gasteiger charge is 2.37. The minimum Gasteiger partial charge on any atom is -0.313 e. The SMILES string of the molecule is CCNCc1c(S(=O)(=O)N(C)C2CC2)n[nH]c1C. The molecule has 18 heavy (non-hydrogen) atoms. The quantitative estimate of drug-likeness (QED) is 0.795. The summed E-state index contributed by atoms with van der Waals surface area (Å²) in [6, 6.07) is 0.152. The molecule has 0 spiro atoms. The summed E-state index contributed by atoms with van der Waals surface area (Å²) in [4.78, 5) is 0. The summed E-state index contributed by atoms with van der Waals surface area (Å²) < 4.78 is 26.3. The van der Waals surface area contributed by atoms with E-state index in [0.717, 1.165) is 30.6 Å². The first-order valence-corrected chi connectivity index (χ1v) is 7.65.